The molecule has 0 bridgehead atoms. The van der Waals surface area contributed by atoms with Gasteiger partial charge in [0, 0.05) is 32.5 Å². The summed E-state index contributed by atoms with van der Waals surface area (Å²) in [6.45, 7) is 3.80. The largest absolute Gasteiger partial charge is 0.342 e. The lowest BCUT2D eigenvalue weighted by atomic mass is 10.4. The molecule has 0 aliphatic carbocycles. The van der Waals surface area contributed by atoms with Crippen LogP contribution in [0.1, 0.15) is 19.8 Å². The van der Waals surface area contributed by atoms with Gasteiger partial charge in [0.2, 0.25) is 5.91 Å². The highest BCUT2D eigenvalue weighted by Gasteiger charge is 2.24. The Morgan fingerprint density at radius 3 is 2.75 bits per heavy atom. The van der Waals surface area contributed by atoms with Crippen molar-refractivity contribution in [1.29, 1.82) is 0 Å². The van der Waals surface area contributed by atoms with E-state index in [1.165, 1.54) is 11.8 Å². The topological polar surface area (TPSA) is 38.1 Å². The van der Waals surface area contributed by atoms with Crippen LogP contribution in [0.4, 0.5) is 0 Å². The second kappa shape index (κ2) is 4.91. The van der Waals surface area contributed by atoms with E-state index in [1.807, 2.05) is 29.6 Å². The normalized spacial score (nSPS) is 17.8. The summed E-state index contributed by atoms with van der Waals surface area (Å²) in [7, 11) is 1.95. The molecule has 1 atom stereocenters. The molecule has 1 unspecified atom stereocenters. The zero-order chi connectivity index (χ0) is 11.5. The average Bonchev–Trinajstić information content (AvgIpc) is 2.89. The molecular weight excluding hydrogens is 222 g/mol. The second-order valence-electron chi connectivity index (χ2n) is 4.11. The highest BCUT2D eigenvalue weighted by Crippen LogP contribution is 2.23. The molecule has 0 saturated carbocycles. The molecule has 1 aromatic rings. The van der Waals surface area contributed by atoms with Crippen LogP contribution in [-0.2, 0) is 11.8 Å². The lowest BCUT2D eigenvalue weighted by Gasteiger charge is -2.19. The first kappa shape index (κ1) is 11.5. The van der Waals surface area contributed by atoms with Gasteiger partial charge in [0.15, 0.2) is 5.16 Å². The van der Waals surface area contributed by atoms with Crippen LogP contribution in [0.25, 0.3) is 0 Å². The van der Waals surface area contributed by atoms with E-state index in [-0.39, 0.29) is 11.2 Å². The van der Waals surface area contributed by atoms with E-state index in [1.54, 1.807) is 6.20 Å². The van der Waals surface area contributed by atoms with Crippen LogP contribution in [-0.4, -0.2) is 38.7 Å². The molecule has 0 spiro atoms. The molecule has 5 heteroatoms. The van der Waals surface area contributed by atoms with Crippen molar-refractivity contribution in [3.63, 3.8) is 0 Å². The Balaban J connectivity index is 1.94. The Morgan fingerprint density at radius 1 is 1.50 bits per heavy atom. The van der Waals surface area contributed by atoms with Crippen molar-refractivity contribution in [2.75, 3.05) is 13.1 Å². The Labute approximate surface area is 100 Å². The first-order valence-corrected chi connectivity index (χ1v) is 6.49. The summed E-state index contributed by atoms with van der Waals surface area (Å²) in [5.41, 5.74) is 0. The van der Waals surface area contributed by atoms with Gasteiger partial charge in [0.05, 0.1) is 5.25 Å². The second-order valence-corrected chi connectivity index (χ2v) is 5.42. The van der Waals surface area contributed by atoms with Crippen LogP contribution >= 0.6 is 11.8 Å². The van der Waals surface area contributed by atoms with Gasteiger partial charge < -0.3 is 9.47 Å². The summed E-state index contributed by atoms with van der Waals surface area (Å²) >= 11 is 1.53. The van der Waals surface area contributed by atoms with Crippen LogP contribution < -0.4 is 0 Å². The molecular formula is C11H17N3OS. The summed E-state index contributed by atoms with van der Waals surface area (Å²) < 4.78 is 1.94. The van der Waals surface area contributed by atoms with Crippen LogP contribution in [0.2, 0.25) is 0 Å². The summed E-state index contributed by atoms with van der Waals surface area (Å²) in [4.78, 5) is 18.2. The Hall–Kier alpha value is -0.970. The maximum absolute atomic E-state index is 12.1. The molecule has 2 heterocycles. The average molecular weight is 239 g/mol. The number of carbonyl (C=O) groups is 1. The molecule has 1 aliphatic heterocycles. The predicted molar refractivity (Wildman–Crippen MR) is 64.3 cm³/mol. The van der Waals surface area contributed by atoms with Gasteiger partial charge in [-0.25, -0.2) is 4.98 Å². The SMILES string of the molecule is CC(Sc1nccn1C)C(=O)N1CCCC1. The third kappa shape index (κ3) is 2.40. The van der Waals surface area contributed by atoms with Crippen LogP contribution in [0.15, 0.2) is 17.6 Å². The van der Waals surface area contributed by atoms with Gasteiger partial charge in [0.1, 0.15) is 0 Å². The number of thioether (sulfide) groups is 1. The molecule has 4 nitrogen and oxygen atoms in total. The zero-order valence-electron chi connectivity index (χ0n) is 9.72. The highest BCUT2D eigenvalue weighted by atomic mass is 32.2. The molecule has 1 fully saturated rings. The van der Waals surface area contributed by atoms with Crippen molar-refractivity contribution in [2.45, 2.75) is 30.2 Å². The molecule has 88 valence electrons. The van der Waals surface area contributed by atoms with Gasteiger partial charge in [0.25, 0.3) is 0 Å². The number of amides is 1. The van der Waals surface area contributed by atoms with Crippen molar-refractivity contribution in [3.05, 3.63) is 12.4 Å². The van der Waals surface area contributed by atoms with Gasteiger partial charge in [-0.3, -0.25) is 4.79 Å². The third-order valence-electron chi connectivity index (χ3n) is 2.82. The smallest absolute Gasteiger partial charge is 0.235 e. The predicted octanol–water partition coefficient (Wildman–Crippen LogP) is 1.52. The van der Waals surface area contributed by atoms with E-state index >= 15 is 0 Å². The van der Waals surface area contributed by atoms with Crippen molar-refractivity contribution in [2.24, 2.45) is 7.05 Å². The van der Waals surface area contributed by atoms with Gasteiger partial charge in [-0.15, -0.1) is 0 Å². The molecule has 1 amide bonds. The minimum Gasteiger partial charge on any atom is -0.342 e. The summed E-state index contributed by atoms with van der Waals surface area (Å²) in [5.74, 6) is 0.241. The van der Waals surface area contributed by atoms with Crippen molar-refractivity contribution in [1.82, 2.24) is 14.5 Å². The number of aromatic nitrogens is 2. The van der Waals surface area contributed by atoms with Gasteiger partial charge in [-0.1, -0.05) is 11.8 Å². The number of hydrogen-bond donors (Lipinski definition) is 0. The standard InChI is InChI=1S/C11H17N3OS/c1-9(10(15)14-6-3-4-7-14)16-11-12-5-8-13(11)2/h5,8-9H,3-4,6-7H2,1-2H3. The quantitative estimate of drug-likeness (QED) is 0.751. The fourth-order valence-corrected chi connectivity index (χ4v) is 2.78. The first-order chi connectivity index (χ1) is 7.68. The van der Waals surface area contributed by atoms with Gasteiger partial charge in [-0.05, 0) is 19.8 Å². The Bertz CT molecular complexity index is 371. The number of nitrogens with zero attached hydrogens (tertiary/aromatic N) is 3. The summed E-state index contributed by atoms with van der Waals surface area (Å²) in [5, 5.41) is 0.860. The number of imidazole rings is 1. The molecule has 0 radical (unpaired) electrons. The number of likely N-dealkylation sites (tertiary alicyclic amines) is 1. The molecule has 1 saturated heterocycles. The summed E-state index contributed by atoms with van der Waals surface area (Å²) in [6, 6.07) is 0. The fourth-order valence-electron chi connectivity index (χ4n) is 1.87. The van der Waals surface area contributed by atoms with E-state index in [0.29, 0.717) is 0 Å². The van der Waals surface area contributed by atoms with E-state index in [0.717, 1.165) is 31.1 Å². The van der Waals surface area contributed by atoms with Crippen LogP contribution in [0, 0.1) is 0 Å². The van der Waals surface area contributed by atoms with E-state index in [9.17, 15) is 4.79 Å². The lowest BCUT2D eigenvalue weighted by Crippen LogP contribution is -2.34. The molecule has 2 rings (SSSR count). The number of carbonyl (C=O) groups excluding carboxylic acids is 1. The van der Waals surface area contributed by atoms with E-state index in [2.05, 4.69) is 4.98 Å². The zero-order valence-corrected chi connectivity index (χ0v) is 10.5. The Kier molecular flexibility index (Phi) is 3.53. The number of aryl methyl sites for hydroxylation is 1. The Morgan fingerprint density at radius 2 is 2.19 bits per heavy atom. The van der Waals surface area contributed by atoms with E-state index in [4.69, 9.17) is 0 Å². The van der Waals surface area contributed by atoms with Crippen molar-refractivity contribution >= 4 is 17.7 Å². The fraction of sp³-hybridized carbons (Fsp3) is 0.636. The van der Waals surface area contributed by atoms with Crippen LogP contribution in [0.3, 0.4) is 0 Å². The van der Waals surface area contributed by atoms with Gasteiger partial charge >= 0.3 is 0 Å². The number of rotatable bonds is 3. The third-order valence-corrected chi connectivity index (χ3v) is 3.98. The molecule has 0 N–H and O–H groups in total. The molecule has 0 aromatic carbocycles. The monoisotopic (exact) mass is 239 g/mol. The van der Waals surface area contributed by atoms with Crippen LogP contribution in [0.5, 0.6) is 0 Å². The highest BCUT2D eigenvalue weighted by molar-refractivity contribution is 8.00. The van der Waals surface area contributed by atoms with Crippen molar-refractivity contribution < 1.29 is 4.79 Å². The minimum atomic E-state index is -0.0424. The number of hydrogen-bond acceptors (Lipinski definition) is 3. The van der Waals surface area contributed by atoms with E-state index < -0.39 is 0 Å². The molecule has 1 aliphatic rings. The van der Waals surface area contributed by atoms with Crippen molar-refractivity contribution in [3.8, 4) is 0 Å². The maximum atomic E-state index is 12.1. The molecule has 1 aromatic heterocycles. The maximum Gasteiger partial charge on any atom is 0.235 e. The lowest BCUT2D eigenvalue weighted by molar-refractivity contribution is -0.129. The van der Waals surface area contributed by atoms with Gasteiger partial charge in [-0.2, -0.15) is 0 Å². The molecule has 16 heavy (non-hydrogen) atoms. The first-order valence-electron chi connectivity index (χ1n) is 5.61. The summed E-state index contributed by atoms with van der Waals surface area (Å²) in [6.07, 6.45) is 5.95. The minimum absolute atomic E-state index is 0.0424.